The van der Waals surface area contributed by atoms with Crippen LogP contribution < -0.4 is 10.6 Å². The van der Waals surface area contributed by atoms with E-state index in [-0.39, 0.29) is 17.8 Å². The molecule has 1 aromatic carbocycles. The number of hydrogen-bond donors (Lipinski definition) is 2. The molecule has 1 aliphatic rings. The number of aromatic nitrogens is 2. The molecule has 1 aliphatic carbocycles. The van der Waals surface area contributed by atoms with Crippen molar-refractivity contribution in [3.05, 3.63) is 53.1 Å². The minimum Gasteiger partial charge on any atom is -0.356 e. The lowest BCUT2D eigenvalue weighted by molar-refractivity contribution is 0.0668. The number of rotatable bonds is 6. The van der Waals surface area contributed by atoms with E-state index in [1.54, 1.807) is 7.05 Å². The molecule has 0 spiro atoms. The lowest BCUT2D eigenvalue weighted by Crippen LogP contribution is -2.41. The summed E-state index contributed by atoms with van der Waals surface area (Å²) in [4.78, 5) is 8.09. The Morgan fingerprint density at radius 1 is 1.40 bits per heavy atom. The van der Waals surface area contributed by atoms with Crippen LogP contribution >= 0.6 is 11.6 Å². The highest BCUT2D eigenvalue weighted by molar-refractivity contribution is 6.30. The van der Waals surface area contributed by atoms with Gasteiger partial charge in [0.2, 0.25) is 0 Å². The van der Waals surface area contributed by atoms with Crippen LogP contribution in [0.5, 0.6) is 0 Å². The van der Waals surface area contributed by atoms with Crippen LogP contribution in [0.25, 0.3) is 0 Å². The van der Waals surface area contributed by atoms with Crippen LogP contribution in [-0.4, -0.2) is 29.1 Å². The molecule has 134 valence electrons. The van der Waals surface area contributed by atoms with Crippen LogP contribution in [0.4, 0.5) is 8.78 Å². The van der Waals surface area contributed by atoms with Gasteiger partial charge in [0.25, 0.3) is 0 Å². The molecule has 0 saturated heterocycles. The molecule has 8 heteroatoms. The van der Waals surface area contributed by atoms with E-state index in [0.717, 1.165) is 22.4 Å². The molecule has 0 radical (unpaired) electrons. The highest BCUT2D eigenvalue weighted by Gasteiger charge is 2.44. The number of halogens is 3. The highest BCUT2D eigenvalue weighted by Crippen LogP contribution is 2.48. The number of nitrogens with one attached hydrogen (secondary N) is 2. The number of guanidine groups is 1. The van der Waals surface area contributed by atoms with Gasteiger partial charge in [-0.1, -0.05) is 23.7 Å². The number of benzene rings is 1. The summed E-state index contributed by atoms with van der Waals surface area (Å²) in [7, 11) is 1.65. The van der Waals surface area contributed by atoms with Gasteiger partial charge in [-0.2, -0.15) is 8.78 Å². The van der Waals surface area contributed by atoms with Gasteiger partial charge in [-0.05, 0) is 30.5 Å². The molecule has 1 aromatic heterocycles. The van der Waals surface area contributed by atoms with Gasteiger partial charge in [0.05, 0.1) is 6.54 Å². The zero-order valence-corrected chi connectivity index (χ0v) is 14.6. The molecule has 3 rings (SSSR count). The summed E-state index contributed by atoms with van der Waals surface area (Å²) in [6.07, 6.45) is 4.77. The average Bonchev–Trinajstić information content (AvgIpc) is 3.24. The minimum atomic E-state index is -2.60. The fourth-order valence-electron chi connectivity index (χ4n) is 2.83. The van der Waals surface area contributed by atoms with Gasteiger partial charge in [-0.25, -0.2) is 4.98 Å². The first-order valence-corrected chi connectivity index (χ1v) is 8.42. The molecule has 1 heterocycles. The maximum absolute atomic E-state index is 12.8. The Balaban J connectivity index is 1.57. The zero-order chi connectivity index (χ0) is 17.9. The van der Waals surface area contributed by atoms with Crippen molar-refractivity contribution in [3.63, 3.8) is 0 Å². The Hall–Kier alpha value is -2.15. The number of alkyl halides is 2. The predicted octanol–water partition coefficient (Wildman–Crippen LogP) is 3.33. The number of nitrogens with zero attached hydrogens (tertiary/aromatic N) is 3. The van der Waals surface area contributed by atoms with Gasteiger partial charge >= 0.3 is 6.55 Å². The molecular weight excluding hydrogens is 348 g/mol. The van der Waals surface area contributed by atoms with Crippen molar-refractivity contribution in [1.29, 1.82) is 0 Å². The maximum Gasteiger partial charge on any atom is 0.319 e. The summed E-state index contributed by atoms with van der Waals surface area (Å²) in [6.45, 7) is -1.73. The van der Waals surface area contributed by atoms with E-state index in [1.807, 2.05) is 18.2 Å². The molecule has 0 amide bonds. The standard InChI is InChI=1S/C17H20ClF2N5/c1-21-16(23-10-14-22-7-8-25(14)15(19)20)24-11-17(5-6-17)12-3-2-4-13(18)9-12/h2-4,7-9,15H,5-6,10-11H2,1H3,(H2,21,23,24). The molecule has 2 aromatic rings. The molecule has 0 unspecified atom stereocenters. The zero-order valence-electron chi connectivity index (χ0n) is 13.8. The molecular formula is C17H20ClF2N5. The second-order valence-corrected chi connectivity index (χ2v) is 6.53. The van der Waals surface area contributed by atoms with Crippen LogP contribution in [-0.2, 0) is 12.0 Å². The monoisotopic (exact) mass is 367 g/mol. The molecule has 0 atom stereocenters. The molecule has 1 fully saturated rings. The van der Waals surface area contributed by atoms with Gasteiger partial charge in [0, 0.05) is 36.4 Å². The Labute approximate surface area is 150 Å². The molecule has 25 heavy (non-hydrogen) atoms. The fraction of sp³-hybridized carbons (Fsp3) is 0.412. The molecule has 2 N–H and O–H groups in total. The second-order valence-electron chi connectivity index (χ2n) is 6.10. The topological polar surface area (TPSA) is 54.2 Å². The third-order valence-electron chi connectivity index (χ3n) is 4.48. The number of imidazole rings is 1. The first kappa shape index (κ1) is 17.7. The summed E-state index contributed by atoms with van der Waals surface area (Å²) < 4.78 is 26.5. The van der Waals surface area contributed by atoms with E-state index < -0.39 is 6.55 Å². The van der Waals surface area contributed by atoms with E-state index in [2.05, 4.69) is 26.7 Å². The van der Waals surface area contributed by atoms with E-state index in [9.17, 15) is 8.78 Å². The molecule has 1 saturated carbocycles. The first-order valence-electron chi connectivity index (χ1n) is 8.04. The summed E-state index contributed by atoms with van der Waals surface area (Å²) in [6, 6.07) is 7.89. The molecule has 0 bridgehead atoms. The third-order valence-corrected chi connectivity index (χ3v) is 4.72. The van der Waals surface area contributed by atoms with E-state index in [1.165, 1.54) is 18.0 Å². The maximum atomic E-state index is 12.8. The normalized spacial score (nSPS) is 16.1. The summed E-state index contributed by atoms with van der Waals surface area (Å²) in [5.74, 6) is 0.811. The van der Waals surface area contributed by atoms with Gasteiger partial charge in [0.1, 0.15) is 5.82 Å². The van der Waals surface area contributed by atoms with Crippen LogP contribution in [0, 0.1) is 0 Å². The van der Waals surface area contributed by atoms with Gasteiger partial charge in [-0.15, -0.1) is 0 Å². The Kier molecular flexibility index (Phi) is 5.22. The highest BCUT2D eigenvalue weighted by atomic mass is 35.5. The first-order chi connectivity index (χ1) is 12.0. The van der Waals surface area contributed by atoms with Crippen molar-refractivity contribution in [2.75, 3.05) is 13.6 Å². The molecule has 5 nitrogen and oxygen atoms in total. The molecule has 0 aliphatic heterocycles. The lowest BCUT2D eigenvalue weighted by atomic mass is 9.96. The second kappa shape index (κ2) is 7.39. The van der Waals surface area contributed by atoms with E-state index >= 15 is 0 Å². The van der Waals surface area contributed by atoms with Crippen LogP contribution in [0.15, 0.2) is 41.7 Å². The lowest BCUT2D eigenvalue weighted by Gasteiger charge is -2.19. The number of aliphatic imine (C=N–C) groups is 1. The van der Waals surface area contributed by atoms with Crippen LogP contribution in [0.1, 0.15) is 30.8 Å². The summed E-state index contributed by atoms with van der Waals surface area (Å²) >= 11 is 6.09. The van der Waals surface area contributed by atoms with E-state index in [4.69, 9.17) is 11.6 Å². The van der Waals surface area contributed by atoms with Crippen molar-refractivity contribution >= 4 is 17.6 Å². The van der Waals surface area contributed by atoms with Gasteiger partial charge < -0.3 is 10.6 Å². The largest absolute Gasteiger partial charge is 0.356 e. The smallest absolute Gasteiger partial charge is 0.319 e. The van der Waals surface area contributed by atoms with Gasteiger partial charge in [0.15, 0.2) is 5.96 Å². The van der Waals surface area contributed by atoms with Gasteiger partial charge in [-0.3, -0.25) is 9.56 Å². The minimum absolute atomic E-state index is 0.0595. The Morgan fingerprint density at radius 2 is 2.20 bits per heavy atom. The van der Waals surface area contributed by atoms with Crippen molar-refractivity contribution in [2.45, 2.75) is 31.4 Å². The average molecular weight is 368 g/mol. The third kappa shape index (κ3) is 4.10. The van der Waals surface area contributed by atoms with Crippen LogP contribution in [0.2, 0.25) is 5.02 Å². The quantitative estimate of drug-likeness (QED) is 0.608. The SMILES string of the molecule is CN=C(NCc1nccn1C(F)F)NCC1(c2cccc(Cl)c2)CC1. The van der Waals surface area contributed by atoms with Crippen LogP contribution in [0.3, 0.4) is 0 Å². The predicted molar refractivity (Wildman–Crippen MR) is 94.0 cm³/mol. The number of hydrogen-bond acceptors (Lipinski definition) is 2. The summed E-state index contributed by atoms with van der Waals surface area (Å²) in [5, 5.41) is 7.03. The van der Waals surface area contributed by atoms with Crippen molar-refractivity contribution in [2.24, 2.45) is 4.99 Å². The fourth-order valence-corrected chi connectivity index (χ4v) is 3.02. The van der Waals surface area contributed by atoms with E-state index in [0.29, 0.717) is 12.5 Å². The Bertz CT molecular complexity index is 755. The summed E-state index contributed by atoms with van der Waals surface area (Å²) in [5.41, 5.74) is 1.26. The van der Waals surface area contributed by atoms with Crippen molar-refractivity contribution < 1.29 is 8.78 Å². The van der Waals surface area contributed by atoms with Crippen molar-refractivity contribution in [3.8, 4) is 0 Å². The van der Waals surface area contributed by atoms with Crippen molar-refractivity contribution in [1.82, 2.24) is 20.2 Å². The Morgan fingerprint density at radius 3 is 2.84 bits per heavy atom.